The van der Waals surface area contributed by atoms with Gasteiger partial charge in [-0.1, -0.05) is 13.8 Å². The molecule has 4 nitrogen and oxygen atoms in total. The minimum atomic E-state index is -0.308. The smallest absolute Gasteiger partial charge is 0.133 e. The molecule has 3 rings (SSSR count). The van der Waals surface area contributed by atoms with E-state index in [9.17, 15) is 4.39 Å². The molecule has 0 saturated carbocycles. The third-order valence-electron chi connectivity index (χ3n) is 3.89. The minimum absolute atomic E-state index is 0.308. The Morgan fingerprint density at radius 2 is 2.32 bits per heavy atom. The predicted octanol–water partition coefficient (Wildman–Crippen LogP) is 3.15. The van der Waals surface area contributed by atoms with Crippen LogP contribution in [0.25, 0.3) is 16.6 Å². The van der Waals surface area contributed by atoms with Crippen molar-refractivity contribution in [2.45, 2.75) is 33.2 Å². The summed E-state index contributed by atoms with van der Waals surface area (Å²) in [6, 6.07) is 3.34. The minimum Gasteiger partial charge on any atom is -0.404 e. The topological polar surface area (TPSA) is 56.2 Å². The lowest BCUT2D eigenvalue weighted by molar-refractivity contribution is 0.626. The summed E-state index contributed by atoms with van der Waals surface area (Å²) in [5.74, 6) is 1.19. The Morgan fingerprint density at radius 1 is 1.50 bits per heavy atom. The van der Waals surface area contributed by atoms with Crippen LogP contribution < -0.4 is 5.73 Å². The van der Waals surface area contributed by atoms with Gasteiger partial charge in [0.05, 0.1) is 11.0 Å². The van der Waals surface area contributed by atoms with E-state index in [1.807, 2.05) is 6.07 Å². The quantitative estimate of drug-likeness (QED) is 0.882. The molecule has 116 valence electrons. The van der Waals surface area contributed by atoms with E-state index in [1.54, 1.807) is 6.21 Å². The molecule has 2 heterocycles. The van der Waals surface area contributed by atoms with Crippen LogP contribution >= 0.6 is 0 Å². The molecule has 5 heteroatoms. The largest absolute Gasteiger partial charge is 0.404 e. The molecule has 22 heavy (non-hydrogen) atoms. The van der Waals surface area contributed by atoms with Crippen molar-refractivity contribution < 1.29 is 4.39 Å². The molecule has 0 fully saturated rings. The Morgan fingerprint density at radius 3 is 3.05 bits per heavy atom. The number of hydrogen-bond donors (Lipinski definition) is 1. The van der Waals surface area contributed by atoms with E-state index in [0.717, 1.165) is 30.7 Å². The summed E-state index contributed by atoms with van der Waals surface area (Å²) < 4.78 is 16.6. The summed E-state index contributed by atoms with van der Waals surface area (Å²) in [5, 5.41) is 0. The van der Waals surface area contributed by atoms with Gasteiger partial charge in [-0.3, -0.25) is 4.99 Å². The second-order valence-electron chi connectivity index (χ2n) is 6.11. The van der Waals surface area contributed by atoms with Crippen molar-refractivity contribution >= 4 is 22.8 Å². The molecule has 2 aromatic rings. The number of aliphatic imine (C=N–C) groups is 1. The molecular formula is C17H21FN4. The SMILES string of the molecule is CC(C)CN=CC(=CN)c1cc2c(cc1F)nc1n2CCC1. The van der Waals surface area contributed by atoms with Crippen molar-refractivity contribution in [3.63, 3.8) is 0 Å². The first-order valence-electron chi connectivity index (χ1n) is 7.71. The Hall–Kier alpha value is -2.17. The van der Waals surface area contributed by atoms with Crippen LogP contribution in [0.4, 0.5) is 4.39 Å². The maximum Gasteiger partial charge on any atom is 0.133 e. The van der Waals surface area contributed by atoms with E-state index in [1.165, 1.54) is 12.3 Å². The van der Waals surface area contributed by atoms with E-state index < -0.39 is 0 Å². The lowest BCUT2D eigenvalue weighted by atomic mass is 10.1. The summed E-state index contributed by atoms with van der Waals surface area (Å²) >= 11 is 0. The van der Waals surface area contributed by atoms with Crippen LogP contribution in [0.2, 0.25) is 0 Å². The first-order valence-corrected chi connectivity index (χ1v) is 7.71. The van der Waals surface area contributed by atoms with Crippen LogP contribution in [0.5, 0.6) is 0 Å². The van der Waals surface area contributed by atoms with Crippen molar-refractivity contribution in [1.29, 1.82) is 0 Å². The Kier molecular flexibility index (Phi) is 3.96. The standard InChI is InChI=1S/C17H21FN4/c1-11(2)9-20-10-12(8-19)13-6-16-15(7-14(13)18)21-17-4-3-5-22(16)17/h6-8,10-11H,3-5,9,19H2,1-2H3. The van der Waals surface area contributed by atoms with Crippen LogP contribution in [0.3, 0.4) is 0 Å². The van der Waals surface area contributed by atoms with Gasteiger partial charge in [0.15, 0.2) is 0 Å². The molecule has 1 aromatic carbocycles. The molecule has 1 aromatic heterocycles. The number of allylic oxidation sites excluding steroid dienone is 1. The van der Waals surface area contributed by atoms with Gasteiger partial charge in [-0.15, -0.1) is 0 Å². The normalized spacial score (nSPS) is 15.4. The van der Waals surface area contributed by atoms with E-state index in [0.29, 0.717) is 29.1 Å². The molecule has 0 atom stereocenters. The average Bonchev–Trinajstić information content (AvgIpc) is 3.03. The first kappa shape index (κ1) is 14.8. The van der Waals surface area contributed by atoms with Crippen molar-refractivity contribution in [2.75, 3.05) is 6.54 Å². The summed E-state index contributed by atoms with van der Waals surface area (Å²) in [7, 11) is 0. The number of halogens is 1. The molecule has 0 aliphatic carbocycles. The van der Waals surface area contributed by atoms with Gasteiger partial charge in [0.25, 0.3) is 0 Å². The fraction of sp³-hybridized carbons (Fsp3) is 0.412. The highest BCUT2D eigenvalue weighted by Crippen LogP contribution is 2.27. The number of imidazole rings is 1. The van der Waals surface area contributed by atoms with Gasteiger partial charge < -0.3 is 10.3 Å². The number of aromatic nitrogens is 2. The van der Waals surface area contributed by atoms with Gasteiger partial charge >= 0.3 is 0 Å². The maximum absolute atomic E-state index is 14.4. The number of fused-ring (bicyclic) bond motifs is 3. The third-order valence-corrected chi connectivity index (χ3v) is 3.89. The molecule has 1 aliphatic heterocycles. The highest BCUT2D eigenvalue weighted by Gasteiger charge is 2.18. The van der Waals surface area contributed by atoms with Crippen molar-refractivity contribution in [3.8, 4) is 0 Å². The first-order chi connectivity index (χ1) is 10.6. The van der Waals surface area contributed by atoms with Gasteiger partial charge in [0.2, 0.25) is 0 Å². The molecule has 2 N–H and O–H groups in total. The number of nitrogens with zero attached hydrogens (tertiary/aromatic N) is 3. The van der Waals surface area contributed by atoms with Crippen LogP contribution in [-0.4, -0.2) is 22.3 Å². The fourth-order valence-electron chi connectivity index (χ4n) is 2.82. The van der Waals surface area contributed by atoms with E-state index in [2.05, 4.69) is 28.4 Å². The lowest BCUT2D eigenvalue weighted by Gasteiger charge is -2.06. The van der Waals surface area contributed by atoms with Crippen molar-refractivity contribution in [3.05, 3.63) is 35.5 Å². The van der Waals surface area contributed by atoms with Gasteiger partial charge in [0.1, 0.15) is 11.6 Å². The molecule has 0 saturated heterocycles. The molecule has 0 amide bonds. The second kappa shape index (κ2) is 5.91. The number of hydrogen-bond acceptors (Lipinski definition) is 3. The number of rotatable bonds is 4. The molecule has 0 bridgehead atoms. The Bertz CT molecular complexity index is 756. The van der Waals surface area contributed by atoms with E-state index in [-0.39, 0.29) is 5.82 Å². The van der Waals surface area contributed by atoms with Crippen molar-refractivity contribution in [2.24, 2.45) is 16.6 Å². The summed E-state index contributed by atoms with van der Waals surface area (Å²) in [6.07, 6.45) is 5.13. The predicted molar refractivity (Wildman–Crippen MR) is 88.4 cm³/mol. The summed E-state index contributed by atoms with van der Waals surface area (Å²) in [4.78, 5) is 8.84. The fourth-order valence-corrected chi connectivity index (χ4v) is 2.82. The molecule has 0 spiro atoms. The molecular weight excluding hydrogens is 279 g/mol. The average molecular weight is 300 g/mol. The molecule has 0 unspecified atom stereocenters. The Labute approximate surface area is 129 Å². The van der Waals surface area contributed by atoms with E-state index in [4.69, 9.17) is 5.73 Å². The van der Waals surface area contributed by atoms with Crippen LogP contribution in [0.15, 0.2) is 23.3 Å². The highest BCUT2D eigenvalue weighted by atomic mass is 19.1. The van der Waals surface area contributed by atoms with Gasteiger partial charge in [0, 0.05) is 49.1 Å². The zero-order valence-corrected chi connectivity index (χ0v) is 13.0. The van der Waals surface area contributed by atoms with Crippen LogP contribution in [0, 0.1) is 11.7 Å². The van der Waals surface area contributed by atoms with Gasteiger partial charge in [-0.2, -0.15) is 0 Å². The van der Waals surface area contributed by atoms with Crippen LogP contribution in [-0.2, 0) is 13.0 Å². The molecule has 0 radical (unpaired) electrons. The zero-order chi connectivity index (χ0) is 15.7. The van der Waals surface area contributed by atoms with Gasteiger partial charge in [-0.05, 0) is 18.4 Å². The number of benzene rings is 1. The third kappa shape index (κ3) is 2.63. The van der Waals surface area contributed by atoms with Crippen molar-refractivity contribution in [1.82, 2.24) is 9.55 Å². The monoisotopic (exact) mass is 300 g/mol. The van der Waals surface area contributed by atoms with Gasteiger partial charge in [-0.25, -0.2) is 9.37 Å². The lowest BCUT2D eigenvalue weighted by Crippen LogP contribution is -1.99. The van der Waals surface area contributed by atoms with E-state index >= 15 is 0 Å². The summed E-state index contributed by atoms with van der Waals surface area (Å²) in [5.41, 5.74) is 8.46. The second-order valence-corrected chi connectivity index (χ2v) is 6.11. The highest BCUT2D eigenvalue weighted by molar-refractivity contribution is 6.10. The summed E-state index contributed by atoms with van der Waals surface area (Å²) in [6.45, 7) is 5.82. The maximum atomic E-state index is 14.4. The molecule has 1 aliphatic rings. The number of aryl methyl sites for hydroxylation is 2. The zero-order valence-electron chi connectivity index (χ0n) is 13.0. The van der Waals surface area contributed by atoms with Crippen LogP contribution in [0.1, 0.15) is 31.7 Å². The Balaban J connectivity index is 2.02. The number of nitrogens with two attached hydrogens (primary N) is 1.